The van der Waals surface area contributed by atoms with Crippen molar-refractivity contribution in [3.05, 3.63) is 87.4 Å². The maximum Gasteiger partial charge on any atom is 0.313 e. The molecule has 4 heterocycles. The van der Waals surface area contributed by atoms with Crippen molar-refractivity contribution in [2.45, 2.75) is 56.1 Å². The first-order chi connectivity index (χ1) is 23.6. The van der Waals surface area contributed by atoms with E-state index in [-0.39, 0.29) is 45.1 Å². The lowest BCUT2D eigenvalue weighted by molar-refractivity contribution is -0.162. The van der Waals surface area contributed by atoms with Crippen molar-refractivity contribution >= 4 is 56.9 Å². The smallest absolute Gasteiger partial charge is 0.313 e. The summed E-state index contributed by atoms with van der Waals surface area (Å²) in [6, 6.07) is 12.4. The highest BCUT2D eigenvalue weighted by molar-refractivity contribution is 9.11. The fraction of sp³-hybridized carbons (Fsp3) is 0.444. The molecule has 0 aliphatic carbocycles. The Morgan fingerprint density at radius 2 is 1.84 bits per heavy atom. The van der Waals surface area contributed by atoms with Crippen molar-refractivity contribution in [1.29, 1.82) is 0 Å². The minimum atomic E-state index is -1.51. The maximum atomic E-state index is 15.0. The largest absolute Gasteiger partial charge is 0.455 e. The molecular formula is C36H39BrClN3O8. The fourth-order valence-corrected chi connectivity index (χ4v) is 8.62. The second-order valence-corrected chi connectivity index (χ2v) is 14.0. The molecule has 2 saturated heterocycles. The quantitative estimate of drug-likeness (QED) is 0.320. The standard InChI is InChI=1S/C36H39BrClN3O8/c1-21-11-9-14-24(38)29(21)40-16-8-4-7-15-26(43)39-25(20-47-2)30(22-12-5-3-6-13-22)48-35(46)27-28-33(44)41(17-10-18-42)32(34(40)45)36(28)19-23(37)31(27)49-36/h3-6,8-9,11-14,19,25,27-28,30-32,42H,7,10,15-18,20H2,1-2H3,(H,39,43)/b8-4-/t25-,27+,28-,30-,31+,32+,36-/m0/s1. The van der Waals surface area contributed by atoms with E-state index in [0.717, 1.165) is 5.56 Å². The molecule has 0 radical (unpaired) electrons. The van der Waals surface area contributed by atoms with Crippen LogP contribution in [-0.4, -0.2) is 90.9 Å². The zero-order valence-corrected chi connectivity index (χ0v) is 29.6. The van der Waals surface area contributed by atoms with Gasteiger partial charge in [-0.3, -0.25) is 19.2 Å². The lowest BCUT2D eigenvalue weighted by atomic mass is 9.74. The predicted octanol–water partition coefficient (Wildman–Crippen LogP) is 4.00. The number of halogens is 2. The average Bonchev–Trinajstić information content (AvgIpc) is 3.67. The van der Waals surface area contributed by atoms with Crippen LogP contribution in [0.4, 0.5) is 5.69 Å². The molecule has 260 valence electrons. The average molecular weight is 757 g/mol. The van der Waals surface area contributed by atoms with Crippen molar-refractivity contribution in [3.63, 3.8) is 0 Å². The lowest BCUT2D eigenvalue weighted by Crippen LogP contribution is -2.56. The van der Waals surface area contributed by atoms with Crippen LogP contribution < -0.4 is 10.2 Å². The Balaban J connectivity index is 1.49. The van der Waals surface area contributed by atoms with Crippen LogP contribution in [0.3, 0.4) is 0 Å². The number of aliphatic hydroxyl groups excluding tert-OH is 1. The second-order valence-electron chi connectivity index (χ2n) is 12.7. The van der Waals surface area contributed by atoms with Gasteiger partial charge in [0.25, 0.3) is 5.91 Å². The first-order valence-corrected chi connectivity index (χ1v) is 17.5. The number of aliphatic hydroxyl groups is 1. The van der Waals surface area contributed by atoms with E-state index >= 15 is 0 Å². The monoisotopic (exact) mass is 755 g/mol. The van der Waals surface area contributed by atoms with Gasteiger partial charge in [0.1, 0.15) is 29.8 Å². The molecule has 1 spiro atoms. The lowest BCUT2D eigenvalue weighted by Gasteiger charge is -2.36. The zero-order chi connectivity index (χ0) is 34.9. The third-order valence-electron chi connectivity index (χ3n) is 9.64. The van der Waals surface area contributed by atoms with Crippen LogP contribution in [0.5, 0.6) is 0 Å². The van der Waals surface area contributed by atoms with Crippen molar-refractivity contribution in [3.8, 4) is 0 Å². The normalized spacial score (nSPS) is 31.0. The molecule has 5 bridgehead atoms. The fourth-order valence-electron chi connectivity index (χ4n) is 7.56. The number of hydrogen-bond acceptors (Lipinski definition) is 8. The number of amides is 3. The number of allylic oxidation sites excluding steroid dienone is 1. The van der Waals surface area contributed by atoms with E-state index in [9.17, 15) is 24.3 Å². The molecule has 0 aromatic heterocycles. The summed E-state index contributed by atoms with van der Waals surface area (Å²) in [6.07, 6.45) is 4.21. The van der Waals surface area contributed by atoms with E-state index in [1.165, 1.54) is 16.9 Å². The summed E-state index contributed by atoms with van der Waals surface area (Å²) in [5.41, 5.74) is 0.337. The van der Waals surface area contributed by atoms with Gasteiger partial charge in [-0.2, -0.15) is 0 Å². The number of rotatable bonds is 7. The Morgan fingerprint density at radius 3 is 2.55 bits per heavy atom. The number of fused-ring (bicyclic) bond motifs is 2. The molecule has 7 atom stereocenters. The van der Waals surface area contributed by atoms with E-state index in [0.29, 0.717) is 27.2 Å². The number of esters is 1. The van der Waals surface area contributed by atoms with E-state index in [1.54, 1.807) is 48.6 Å². The van der Waals surface area contributed by atoms with Gasteiger partial charge in [0.2, 0.25) is 11.8 Å². The van der Waals surface area contributed by atoms with Crippen molar-refractivity contribution in [2.24, 2.45) is 11.8 Å². The molecule has 2 N–H and O–H groups in total. The molecule has 2 aromatic carbocycles. The number of carbonyl (C=O) groups excluding carboxylic acids is 4. The molecule has 0 saturated carbocycles. The summed E-state index contributed by atoms with van der Waals surface area (Å²) in [7, 11) is 1.50. The topological polar surface area (TPSA) is 135 Å². The van der Waals surface area contributed by atoms with Crippen LogP contribution in [-0.2, 0) is 33.4 Å². The van der Waals surface area contributed by atoms with E-state index in [4.69, 9.17) is 25.8 Å². The van der Waals surface area contributed by atoms with Crippen LogP contribution >= 0.6 is 27.5 Å². The molecule has 13 heteroatoms. The number of carbonyl (C=O) groups is 4. The Kier molecular flexibility index (Phi) is 10.6. The van der Waals surface area contributed by atoms with Gasteiger partial charge in [0, 0.05) is 37.7 Å². The third kappa shape index (κ3) is 6.45. The Labute approximate surface area is 298 Å². The SMILES string of the molecule is COC[C@@H]1NC(=O)CC/C=C\CN(c2c(C)cccc2Cl)C(=O)[C@H]2N(CCCO)C(=O)[C@@H]3[C@@H](C(=O)O[C@H]1c1ccccc1)[C@@H]1O[C@@]32C=C1Br. The highest BCUT2D eigenvalue weighted by atomic mass is 79.9. The molecule has 6 rings (SSSR count). The number of anilines is 1. The number of nitrogens with one attached hydrogen (secondary N) is 1. The summed E-state index contributed by atoms with van der Waals surface area (Å²) in [4.78, 5) is 60.1. The Hall–Kier alpha value is -3.55. The van der Waals surface area contributed by atoms with Crippen LogP contribution in [0.15, 0.2) is 71.2 Å². The minimum Gasteiger partial charge on any atom is -0.455 e. The highest BCUT2D eigenvalue weighted by Crippen LogP contribution is 2.59. The van der Waals surface area contributed by atoms with Crippen LogP contribution in [0.25, 0.3) is 0 Å². The summed E-state index contributed by atoms with van der Waals surface area (Å²) in [6.45, 7) is 1.83. The molecule has 2 fully saturated rings. The van der Waals surface area contributed by atoms with Crippen molar-refractivity contribution in [1.82, 2.24) is 10.2 Å². The molecule has 2 aromatic rings. The molecule has 3 amide bonds. The number of aryl methyl sites for hydroxylation is 1. The van der Waals surface area contributed by atoms with Gasteiger partial charge in [-0.15, -0.1) is 0 Å². The molecular weight excluding hydrogens is 718 g/mol. The number of likely N-dealkylation sites (tertiary alicyclic amines) is 1. The molecule has 49 heavy (non-hydrogen) atoms. The second kappa shape index (κ2) is 14.7. The van der Waals surface area contributed by atoms with Crippen LogP contribution in [0, 0.1) is 18.8 Å². The molecule has 0 unspecified atom stereocenters. The first kappa shape index (κ1) is 35.3. The van der Waals surface area contributed by atoms with Crippen molar-refractivity contribution in [2.75, 3.05) is 38.3 Å². The van der Waals surface area contributed by atoms with E-state index in [1.807, 2.05) is 25.1 Å². The van der Waals surface area contributed by atoms with Crippen molar-refractivity contribution < 1.29 is 38.5 Å². The third-order valence-corrected chi connectivity index (χ3v) is 10.6. The summed E-state index contributed by atoms with van der Waals surface area (Å²) in [5, 5.41) is 13.1. The molecule has 4 aliphatic heterocycles. The van der Waals surface area contributed by atoms with Gasteiger partial charge in [-0.1, -0.05) is 82.1 Å². The van der Waals surface area contributed by atoms with E-state index < -0.39 is 59.5 Å². The number of ether oxygens (including phenoxy) is 3. The zero-order valence-electron chi connectivity index (χ0n) is 27.2. The number of methoxy groups -OCH3 is 1. The number of para-hydroxylation sites is 1. The van der Waals surface area contributed by atoms with Gasteiger partial charge in [0.05, 0.1) is 29.3 Å². The van der Waals surface area contributed by atoms with Gasteiger partial charge < -0.3 is 34.4 Å². The summed E-state index contributed by atoms with van der Waals surface area (Å²) < 4.78 is 18.9. The molecule has 11 nitrogen and oxygen atoms in total. The maximum absolute atomic E-state index is 15.0. The molecule has 4 aliphatic rings. The predicted molar refractivity (Wildman–Crippen MR) is 185 cm³/mol. The number of cyclic esters (lactones) is 1. The van der Waals surface area contributed by atoms with Gasteiger partial charge in [-0.25, -0.2) is 0 Å². The Bertz CT molecular complexity index is 1650. The Morgan fingerprint density at radius 1 is 1.06 bits per heavy atom. The first-order valence-electron chi connectivity index (χ1n) is 16.4. The number of hydrogen-bond donors (Lipinski definition) is 2. The van der Waals surface area contributed by atoms with Gasteiger partial charge in [-0.05, 0) is 43.0 Å². The van der Waals surface area contributed by atoms with E-state index in [2.05, 4.69) is 21.2 Å². The van der Waals surface area contributed by atoms with Gasteiger partial charge >= 0.3 is 5.97 Å². The van der Waals surface area contributed by atoms with Gasteiger partial charge in [0.15, 0.2) is 0 Å². The summed E-state index contributed by atoms with van der Waals surface area (Å²) in [5.74, 6) is -4.09. The minimum absolute atomic E-state index is 0.0482. The number of nitrogens with zero attached hydrogens (tertiary/aromatic N) is 2. The summed E-state index contributed by atoms with van der Waals surface area (Å²) >= 11 is 10.3. The number of benzene rings is 2. The van der Waals surface area contributed by atoms with Crippen LogP contribution in [0.1, 0.15) is 36.5 Å². The highest BCUT2D eigenvalue weighted by Gasteiger charge is 2.75. The van der Waals surface area contributed by atoms with Crippen LogP contribution in [0.2, 0.25) is 5.02 Å².